The van der Waals surface area contributed by atoms with E-state index >= 15 is 0 Å². The predicted octanol–water partition coefficient (Wildman–Crippen LogP) is 3.78. The number of rotatable bonds is 7. The first-order valence-electron chi connectivity index (χ1n) is 7.84. The zero-order chi connectivity index (χ0) is 18.2. The molecule has 0 unspecified atom stereocenters. The monoisotopic (exact) mass is 401 g/mol. The van der Waals surface area contributed by atoms with Gasteiger partial charge >= 0.3 is 5.97 Å². The minimum absolute atomic E-state index is 0.259. The highest BCUT2D eigenvalue weighted by Crippen LogP contribution is 2.25. The van der Waals surface area contributed by atoms with E-state index in [-0.39, 0.29) is 12.3 Å². The standard InChI is InChI=1S/C20H20BrNO3/c1-14(21)13-17(20(24)25-2)22-19(23)18(15-9-5-3-6-10-15)16-11-7-4-8-12-16/h3-12,17-18H,1,13H2,2H3,(H,22,23)/t17-/m0/s1. The largest absolute Gasteiger partial charge is 0.467 e. The van der Waals surface area contributed by atoms with Gasteiger partial charge in [0.25, 0.3) is 0 Å². The summed E-state index contributed by atoms with van der Waals surface area (Å²) in [6.07, 6.45) is 0.259. The van der Waals surface area contributed by atoms with Crippen LogP contribution in [0.1, 0.15) is 23.5 Å². The van der Waals surface area contributed by atoms with Crippen molar-refractivity contribution in [1.29, 1.82) is 0 Å². The third-order valence-corrected chi connectivity index (χ3v) is 4.08. The Morgan fingerprint density at radius 2 is 1.52 bits per heavy atom. The molecule has 0 bridgehead atoms. The van der Waals surface area contributed by atoms with E-state index in [1.165, 1.54) is 7.11 Å². The number of hydrogen-bond donors (Lipinski definition) is 1. The summed E-state index contributed by atoms with van der Waals surface area (Å²) in [5, 5.41) is 2.79. The van der Waals surface area contributed by atoms with Crippen molar-refractivity contribution in [3.05, 3.63) is 82.9 Å². The van der Waals surface area contributed by atoms with Crippen LogP contribution in [0.2, 0.25) is 0 Å². The highest BCUT2D eigenvalue weighted by Gasteiger charge is 2.28. The molecule has 0 saturated carbocycles. The van der Waals surface area contributed by atoms with Gasteiger partial charge in [0.2, 0.25) is 5.91 Å². The molecule has 5 heteroatoms. The molecule has 0 aliphatic heterocycles. The summed E-state index contributed by atoms with van der Waals surface area (Å²) < 4.78 is 5.40. The van der Waals surface area contributed by atoms with E-state index in [1.54, 1.807) is 0 Å². The van der Waals surface area contributed by atoms with E-state index in [4.69, 9.17) is 4.74 Å². The zero-order valence-electron chi connectivity index (χ0n) is 13.9. The Kier molecular flexibility index (Phi) is 6.95. The number of carbonyl (C=O) groups excluding carboxylic acids is 2. The van der Waals surface area contributed by atoms with Crippen LogP contribution >= 0.6 is 15.9 Å². The number of ether oxygens (including phenoxy) is 1. The molecule has 0 aliphatic rings. The Hall–Kier alpha value is -2.40. The maximum absolute atomic E-state index is 13.0. The maximum Gasteiger partial charge on any atom is 0.328 e. The molecule has 130 valence electrons. The minimum atomic E-state index is -0.792. The molecule has 25 heavy (non-hydrogen) atoms. The molecule has 1 atom stereocenters. The third kappa shape index (κ3) is 5.29. The van der Waals surface area contributed by atoms with Crippen LogP contribution in [-0.4, -0.2) is 25.0 Å². The fourth-order valence-corrected chi connectivity index (χ4v) is 2.92. The number of halogens is 1. The number of carbonyl (C=O) groups is 2. The summed E-state index contributed by atoms with van der Waals surface area (Å²) >= 11 is 3.24. The highest BCUT2D eigenvalue weighted by atomic mass is 79.9. The van der Waals surface area contributed by atoms with Crippen molar-refractivity contribution in [3.8, 4) is 0 Å². The molecule has 2 aromatic carbocycles. The average Bonchev–Trinajstić information content (AvgIpc) is 2.62. The molecule has 1 N–H and O–H groups in total. The molecule has 2 aromatic rings. The lowest BCUT2D eigenvalue weighted by Gasteiger charge is -2.22. The van der Waals surface area contributed by atoms with Crippen LogP contribution in [0.15, 0.2) is 71.7 Å². The topological polar surface area (TPSA) is 55.4 Å². The molecular formula is C20H20BrNO3. The van der Waals surface area contributed by atoms with Gasteiger partial charge in [0, 0.05) is 6.42 Å². The fraction of sp³-hybridized carbons (Fsp3) is 0.200. The first-order valence-corrected chi connectivity index (χ1v) is 8.63. The van der Waals surface area contributed by atoms with Crippen LogP contribution in [-0.2, 0) is 14.3 Å². The van der Waals surface area contributed by atoms with Gasteiger partial charge in [0.15, 0.2) is 0 Å². The first-order chi connectivity index (χ1) is 12.0. The smallest absolute Gasteiger partial charge is 0.328 e. The molecule has 0 spiro atoms. The van der Waals surface area contributed by atoms with Gasteiger partial charge in [-0.25, -0.2) is 4.79 Å². The van der Waals surface area contributed by atoms with E-state index in [2.05, 4.69) is 27.8 Å². The Balaban J connectivity index is 2.32. The van der Waals surface area contributed by atoms with Crippen molar-refractivity contribution in [2.24, 2.45) is 0 Å². The lowest BCUT2D eigenvalue weighted by atomic mass is 9.90. The normalized spacial score (nSPS) is 11.6. The van der Waals surface area contributed by atoms with Crippen LogP contribution in [0.3, 0.4) is 0 Å². The van der Waals surface area contributed by atoms with Crippen molar-refractivity contribution in [2.75, 3.05) is 7.11 Å². The van der Waals surface area contributed by atoms with Gasteiger partial charge in [-0.05, 0) is 15.6 Å². The van der Waals surface area contributed by atoms with Crippen molar-refractivity contribution in [1.82, 2.24) is 5.32 Å². The summed E-state index contributed by atoms with van der Waals surface area (Å²) in [7, 11) is 1.30. The second-order valence-electron chi connectivity index (χ2n) is 5.56. The van der Waals surface area contributed by atoms with Gasteiger partial charge < -0.3 is 10.1 Å². The second kappa shape index (κ2) is 9.18. The summed E-state index contributed by atoms with van der Waals surface area (Å²) in [6.45, 7) is 3.74. The lowest BCUT2D eigenvalue weighted by Crippen LogP contribution is -2.43. The van der Waals surface area contributed by atoms with Crippen LogP contribution in [0, 0.1) is 0 Å². The van der Waals surface area contributed by atoms with E-state index in [9.17, 15) is 9.59 Å². The molecule has 0 saturated heterocycles. The van der Waals surface area contributed by atoms with Gasteiger partial charge in [0.1, 0.15) is 6.04 Å². The van der Waals surface area contributed by atoms with Crippen LogP contribution in [0.4, 0.5) is 0 Å². The van der Waals surface area contributed by atoms with Gasteiger partial charge in [-0.1, -0.05) is 83.2 Å². The minimum Gasteiger partial charge on any atom is -0.467 e. The zero-order valence-corrected chi connectivity index (χ0v) is 15.5. The van der Waals surface area contributed by atoms with Gasteiger partial charge in [-0.2, -0.15) is 0 Å². The molecular weight excluding hydrogens is 382 g/mol. The SMILES string of the molecule is C=C(Br)C[C@H](NC(=O)C(c1ccccc1)c1ccccc1)C(=O)OC. The second-order valence-corrected chi connectivity index (χ2v) is 6.68. The number of methoxy groups -OCH3 is 1. The highest BCUT2D eigenvalue weighted by molar-refractivity contribution is 9.11. The first kappa shape index (κ1) is 18.9. The number of amides is 1. The molecule has 0 fully saturated rings. The Morgan fingerprint density at radius 1 is 1.04 bits per heavy atom. The third-order valence-electron chi connectivity index (χ3n) is 3.76. The summed E-state index contributed by atoms with van der Waals surface area (Å²) in [5.74, 6) is -1.28. The summed E-state index contributed by atoms with van der Waals surface area (Å²) in [6, 6.07) is 18.1. The predicted molar refractivity (Wildman–Crippen MR) is 101 cm³/mol. The van der Waals surface area contributed by atoms with Crippen LogP contribution < -0.4 is 5.32 Å². The summed E-state index contributed by atoms with van der Waals surface area (Å²) in [4.78, 5) is 25.0. The van der Waals surface area contributed by atoms with Crippen molar-refractivity contribution in [3.63, 3.8) is 0 Å². The van der Waals surface area contributed by atoms with Crippen LogP contribution in [0.25, 0.3) is 0 Å². The maximum atomic E-state index is 13.0. The quantitative estimate of drug-likeness (QED) is 0.718. The van der Waals surface area contributed by atoms with Gasteiger partial charge in [0.05, 0.1) is 13.0 Å². The fourth-order valence-electron chi connectivity index (χ4n) is 2.60. The van der Waals surface area contributed by atoms with E-state index in [0.29, 0.717) is 4.48 Å². The average molecular weight is 402 g/mol. The van der Waals surface area contributed by atoms with Crippen molar-refractivity contribution >= 4 is 27.8 Å². The van der Waals surface area contributed by atoms with Gasteiger partial charge in [-0.15, -0.1) is 0 Å². The molecule has 0 aromatic heterocycles. The summed E-state index contributed by atoms with van der Waals surface area (Å²) in [5.41, 5.74) is 1.71. The molecule has 4 nitrogen and oxygen atoms in total. The molecule has 2 rings (SSSR count). The van der Waals surface area contributed by atoms with E-state index in [0.717, 1.165) is 11.1 Å². The Bertz CT molecular complexity index is 692. The molecule has 0 radical (unpaired) electrons. The van der Waals surface area contributed by atoms with E-state index in [1.807, 2.05) is 60.7 Å². The Labute approximate surface area is 156 Å². The van der Waals surface area contributed by atoms with Gasteiger partial charge in [-0.3, -0.25) is 4.79 Å². The number of benzene rings is 2. The number of esters is 1. The van der Waals surface area contributed by atoms with Crippen molar-refractivity contribution in [2.45, 2.75) is 18.4 Å². The van der Waals surface area contributed by atoms with Crippen molar-refractivity contribution < 1.29 is 14.3 Å². The molecule has 0 heterocycles. The number of hydrogen-bond acceptors (Lipinski definition) is 3. The number of nitrogens with one attached hydrogen (secondary N) is 1. The van der Waals surface area contributed by atoms with Crippen LogP contribution in [0.5, 0.6) is 0 Å². The lowest BCUT2D eigenvalue weighted by molar-refractivity contribution is -0.145. The molecule has 0 aliphatic carbocycles. The Morgan fingerprint density at radius 3 is 1.92 bits per heavy atom. The van der Waals surface area contributed by atoms with E-state index < -0.39 is 17.9 Å². The molecule has 1 amide bonds.